The van der Waals surface area contributed by atoms with E-state index in [4.69, 9.17) is 4.52 Å². The van der Waals surface area contributed by atoms with Gasteiger partial charge in [0.1, 0.15) is 0 Å². The van der Waals surface area contributed by atoms with E-state index in [0.717, 1.165) is 5.82 Å². The van der Waals surface area contributed by atoms with Crippen LogP contribution < -0.4 is 5.32 Å². The summed E-state index contributed by atoms with van der Waals surface area (Å²) in [5, 5.41) is 7.52. The predicted molar refractivity (Wildman–Crippen MR) is 92.6 cm³/mol. The molecule has 2 aromatic heterocycles. The van der Waals surface area contributed by atoms with Crippen LogP contribution in [0.2, 0.25) is 0 Å². The van der Waals surface area contributed by atoms with Crippen LogP contribution in [-0.2, 0) is 13.0 Å². The average molecular weight is 327 g/mol. The van der Waals surface area contributed by atoms with E-state index in [0.29, 0.717) is 18.9 Å². The summed E-state index contributed by atoms with van der Waals surface area (Å²) in [4.78, 5) is 7.16. The van der Waals surface area contributed by atoms with Crippen molar-refractivity contribution in [1.29, 1.82) is 0 Å². The first kappa shape index (κ1) is 15.9. The molecule has 23 heavy (non-hydrogen) atoms. The Morgan fingerprint density at radius 3 is 2.70 bits per heavy atom. The lowest BCUT2D eigenvalue weighted by Crippen LogP contribution is -2.18. The van der Waals surface area contributed by atoms with Crippen LogP contribution in [0.25, 0.3) is 0 Å². The Morgan fingerprint density at radius 1 is 1.22 bits per heavy atom. The first-order valence-electron chi connectivity index (χ1n) is 7.77. The van der Waals surface area contributed by atoms with E-state index in [2.05, 4.69) is 54.4 Å². The highest BCUT2D eigenvalue weighted by Gasteiger charge is 2.13. The van der Waals surface area contributed by atoms with Crippen molar-refractivity contribution in [1.82, 2.24) is 15.5 Å². The molecule has 0 saturated heterocycles. The molecule has 0 spiro atoms. The van der Waals surface area contributed by atoms with Gasteiger partial charge in [0.2, 0.25) is 5.89 Å². The monoisotopic (exact) mass is 327 g/mol. The normalized spacial score (nSPS) is 12.5. The number of thiophene rings is 1. The van der Waals surface area contributed by atoms with Crippen LogP contribution in [-0.4, -0.2) is 10.1 Å². The molecule has 2 heterocycles. The number of nitrogens with zero attached hydrogens (tertiary/aromatic N) is 2. The Kier molecular flexibility index (Phi) is 4.88. The van der Waals surface area contributed by atoms with Crippen molar-refractivity contribution in [2.45, 2.75) is 39.8 Å². The van der Waals surface area contributed by atoms with Crippen molar-refractivity contribution in [2.75, 3.05) is 0 Å². The van der Waals surface area contributed by atoms with Gasteiger partial charge in [-0.1, -0.05) is 35.5 Å². The Bertz CT molecular complexity index is 764. The molecule has 0 fully saturated rings. The molecule has 0 aliphatic rings. The van der Waals surface area contributed by atoms with Gasteiger partial charge in [0.05, 0.1) is 6.54 Å². The molecule has 1 unspecified atom stereocenters. The van der Waals surface area contributed by atoms with Crippen LogP contribution in [0, 0.1) is 13.8 Å². The lowest BCUT2D eigenvalue weighted by Gasteiger charge is -2.11. The second-order valence-corrected chi connectivity index (χ2v) is 7.20. The molecule has 3 rings (SSSR count). The van der Waals surface area contributed by atoms with Crippen molar-refractivity contribution in [3.05, 3.63) is 69.0 Å². The topological polar surface area (TPSA) is 51.0 Å². The fraction of sp³-hybridized carbons (Fsp3) is 0.333. The van der Waals surface area contributed by atoms with Gasteiger partial charge in [0, 0.05) is 22.2 Å². The summed E-state index contributed by atoms with van der Waals surface area (Å²) in [6, 6.07) is 12.7. The molecule has 0 aliphatic carbocycles. The second-order valence-electron chi connectivity index (χ2n) is 5.74. The Morgan fingerprint density at radius 2 is 2.00 bits per heavy atom. The predicted octanol–water partition coefficient (Wildman–Crippen LogP) is 4.19. The van der Waals surface area contributed by atoms with Gasteiger partial charge in [-0.25, -0.2) is 0 Å². The number of rotatable bonds is 6. The summed E-state index contributed by atoms with van der Waals surface area (Å²) in [6.07, 6.45) is 0.697. The van der Waals surface area contributed by atoms with Gasteiger partial charge >= 0.3 is 0 Å². The summed E-state index contributed by atoms with van der Waals surface area (Å²) in [5.74, 6) is 1.36. The molecule has 1 N–H and O–H groups in total. The van der Waals surface area contributed by atoms with E-state index in [1.54, 1.807) is 0 Å². The fourth-order valence-electron chi connectivity index (χ4n) is 2.64. The zero-order chi connectivity index (χ0) is 16.2. The number of hydrogen-bond donors (Lipinski definition) is 1. The molecule has 3 aromatic rings. The van der Waals surface area contributed by atoms with Crippen molar-refractivity contribution in [3.63, 3.8) is 0 Å². The SMILES string of the molecule is Cc1cc(C(C)NCc2nc(Cc3ccccc3)no2)c(C)s1. The van der Waals surface area contributed by atoms with E-state index in [-0.39, 0.29) is 6.04 Å². The van der Waals surface area contributed by atoms with Crippen LogP contribution in [0.15, 0.2) is 40.9 Å². The molecule has 1 aromatic carbocycles. The van der Waals surface area contributed by atoms with Gasteiger partial charge in [0.15, 0.2) is 5.82 Å². The third-order valence-corrected chi connectivity index (χ3v) is 4.80. The Hall–Kier alpha value is -1.98. The Labute approximate surface area is 140 Å². The second kappa shape index (κ2) is 7.06. The maximum Gasteiger partial charge on any atom is 0.240 e. The molecular formula is C18H21N3OS. The van der Waals surface area contributed by atoms with Crippen molar-refractivity contribution in [3.8, 4) is 0 Å². The van der Waals surface area contributed by atoms with E-state index in [9.17, 15) is 0 Å². The van der Waals surface area contributed by atoms with Crippen LogP contribution in [0.1, 0.15) is 45.6 Å². The van der Waals surface area contributed by atoms with Gasteiger partial charge in [-0.05, 0) is 38.0 Å². The molecular weight excluding hydrogens is 306 g/mol. The molecule has 0 saturated carbocycles. The number of nitrogens with one attached hydrogen (secondary N) is 1. The van der Waals surface area contributed by atoms with Crippen LogP contribution >= 0.6 is 11.3 Å². The van der Waals surface area contributed by atoms with Gasteiger partial charge in [-0.15, -0.1) is 11.3 Å². The fourth-order valence-corrected chi connectivity index (χ4v) is 3.67. The first-order chi connectivity index (χ1) is 11.1. The lowest BCUT2D eigenvalue weighted by atomic mass is 10.1. The maximum atomic E-state index is 5.34. The molecule has 1 atom stereocenters. The highest BCUT2D eigenvalue weighted by molar-refractivity contribution is 7.12. The van der Waals surface area contributed by atoms with Gasteiger partial charge in [-0.2, -0.15) is 4.98 Å². The highest BCUT2D eigenvalue weighted by Crippen LogP contribution is 2.26. The van der Waals surface area contributed by atoms with Crippen molar-refractivity contribution < 1.29 is 4.52 Å². The van der Waals surface area contributed by atoms with Gasteiger partial charge < -0.3 is 9.84 Å². The third kappa shape index (κ3) is 4.06. The maximum absolute atomic E-state index is 5.34. The third-order valence-electron chi connectivity index (χ3n) is 3.82. The lowest BCUT2D eigenvalue weighted by molar-refractivity contribution is 0.356. The van der Waals surface area contributed by atoms with Crippen LogP contribution in [0.3, 0.4) is 0 Å². The van der Waals surface area contributed by atoms with E-state index in [1.165, 1.54) is 20.9 Å². The van der Waals surface area contributed by atoms with Crippen molar-refractivity contribution >= 4 is 11.3 Å². The zero-order valence-corrected chi connectivity index (χ0v) is 14.5. The summed E-state index contributed by atoms with van der Waals surface area (Å²) in [7, 11) is 0. The molecule has 0 amide bonds. The smallest absolute Gasteiger partial charge is 0.240 e. The largest absolute Gasteiger partial charge is 0.338 e. The molecule has 0 bridgehead atoms. The summed E-state index contributed by atoms with van der Waals surface area (Å²) < 4.78 is 5.34. The van der Waals surface area contributed by atoms with E-state index in [1.807, 2.05) is 29.5 Å². The average Bonchev–Trinajstić information content (AvgIpc) is 3.12. The van der Waals surface area contributed by atoms with Crippen LogP contribution in [0.5, 0.6) is 0 Å². The molecule has 120 valence electrons. The van der Waals surface area contributed by atoms with E-state index < -0.39 is 0 Å². The summed E-state index contributed by atoms with van der Waals surface area (Å²) >= 11 is 1.83. The quantitative estimate of drug-likeness (QED) is 0.737. The van der Waals surface area contributed by atoms with E-state index >= 15 is 0 Å². The summed E-state index contributed by atoms with van der Waals surface area (Å²) in [6.45, 7) is 7.05. The Balaban J connectivity index is 1.58. The zero-order valence-electron chi connectivity index (χ0n) is 13.7. The standard InChI is InChI=1S/C18H21N3OS/c1-12-9-16(14(3)23-12)13(2)19-11-18-20-17(21-22-18)10-15-7-5-4-6-8-15/h4-9,13,19H,10-11H2,1-3H3. The highest BCUT2D eigenvalue weighted by atomic mass is 32.1. The summed E-state index contributed by atoms with van der Waals surface area (Å²) in [5.41, 5.74) is 2.53. The number of hydrogen-bond acceptors (Lipinski definition) is 5. The molecule has 5 heteroatoms. The van der Waals surface area contributed by atoms with Crippen LogP contribution in [0.4, 0.5) is 0 Å². The number of aromatic nitrogens is 2. The molecule has 0 aliphatic heterocycles. The number of benzene rings is 1. The number of aryl methyl sites for hydroxylation is 2. The van der Waals surface area contributed by atoms with Gasteiger partial charge in [-0.3, -0.25) is 0 Å². The minimum absolute atomic E-state index is 0.268. The van der Waals surface area contributed by atoms with Gasteiger partial charge in [0.25, 0.3) is 0 Å². The minimum atomic E-state index is 0.268. The molecule has 0 radical (unpaired) electrons. The van der Waals surface area contributed by atoms with Crippen molar-refractivity contribution in [2.24, 2.45) is 0 Å². The first-order valence-corrected chi connectivity index (χ1v) is 8.59. The minimum Gasteiger partial charge on any atom is -0.338 e. The molecule has 4 nitrogen and oxygen atoms in total.